The number of carbonyl (C=O) groups is 1. The molecule has 0 aliphatic heterocycles. The van der Waals surface area contributed by atoms with Crippen molar-refractivity contribution in [3.8, 4) is 11.7 Å². The van der Waals surface area contributed by atoms with Crippen LogP contribution in [0.1, 0.15) is 17.0 Å². The fourth-order valence-electron chi connectivity index (χ4n) is 2.43. The van der Waals surface area contributed by atoms with E-state index in [4.69, 9.17) is 14.0 Å². The van der Waals surface area contributed by atoms with Gasteiger partial charge in [-0.1, -0.05) is 18.2 Å². The second-order valence-corrected chi connectivity index (χ2v) is 7.14. The minimum Gasteiger partial charge on any atom is -0.459 e. The molecule has 1 amide bonds. The van der Waals surface area contributed by atoms with Gasteiger partial charge in [0.1, 0.15) is 5.76 Å². The maximum Gasteiger partial charge on any atom is 0.263 e. The summed E-state index contributed by atoms with van der Waals surface area (Å²) in [6, 6.07) is 9.65. The van der Waals surface area contributed by atoms with Gasteiger partial charge in [-0.25, -0.2) is 18.5 Å². The van der Waals surface area contributed by atoms with Gasteiger partial charge >= 0.3 is 0 Å². The number of furan rings is 1. The number of benzene rings is 1. The summed E-state index contributed by atoms with van der Waals surface area (Å²) in [7, 11) is -3.86. The summed E-state index contributed by atoms with van der Waals surface area (Å²) in [5, 5.41) is 7.85. The molecule has 0 aliphatic carbocycles. The van der Waals surface area contributed by atoms with Gasteiger partial charge in [0.15, 0.2) is 5.76 Å². The summed E-state index contributed by atoms with van der Waals surface area (Å²) in [5.74, 6) is 0.963. The van der Waals surface area contributed by atoms with Crippen molar-refractivity contribution < 1.29 is 22.0 Å². The number of oxazole rings is 1. The Kier molecular flexibility index (Phi) is 4.92. The molecule has 0 saturated carbocycles. The van der Waals surface area contributed by atoms with Crippen molar-refractivity contribution in [2.24, 2.45) is 5.14 Å². The van der Waals surface area contributed by atoms with Crippen molar-refractivity contribution in [1.29, 1.82) is 0 Å². The van der Waals surface area contributed by atoms with Crippen molar-refractivity contribution in [2.75, 3.05) is 0 Å². The van der Waals surface area contributed by atoms with E-state index >= 15 is 0 Å². The van der Waals surface area contributed by atoms with Crippen molar-refractivity contribution >= 4 is 15.9 Å². The van der Waals surface area contributed by atoms with Crippen LogP contribution in [0.2, 0.25) is 0 Å². The molecule has 3 aromatic rings. The Morgan fingerprint density at radius 3 is 2.69 bits per heavy atom. The Hall–Kier alpha value is -2.91. The van der Waals surface area contributed by atoms with Crippen molar-refractivity contribution in [3.63, 3.8) is 0 Å². The molecule has 0 radical (unpaired) electrons. The molecule has 9 heteroatoms. The van der Waals surface area contributed by atoms with Crippen LogP contribution in [-0.2, 0) is 27.8 Å². The van der Waals surface area contributed by atoms with Crippen LogP contribution in [0.5, 0.6) is 0 Å². The van der Waals surface area contributed by atoms with Gasteiger partial charge in [0, 0.05) is 6.54 Å². The van der Waals surface area contributed by atoms with Gasteiger partial charge in [-0.3, -0.25) is 4.79 Å². The lowest BCUT2D eigenvalue weighted by Gasteiger charge is -2.08. The first-order valence-corrected chi connectivity index (χ1v) is 9.27. The first kappa shape index (κ1) is 17.9. The lowest BCUT2D eigenvalue weighted by atomic mass is 10.2. The monoisotopic (exact) mass is 375 g/mol. The maximum atomic E-state index is 12.2. The van der Waals surface area contributed by atoms with Crippen LogP contribution in [0, 0.1) is 6.92 Å². The fraction of sp³-hybridized carbons (Fsp3) is 0.176. The largest absolute Gasteiger partial charge is 0.459 e. The van der Waals surface area contributed by atoms with Crippen LogP contribution in [0.3, 0.4) is 0 Å². The first-order chi connectivity index (χ1) is 12.3. The molecular formula is C17H17N3O5S. The third-order valence-corrected chi connectivity index (χ3v) is 4.72. The molecule has 1 aromatic carbocycles. The molecule has 0 spiro atoms. The summed E-state index contributed by atoms with van der Waals surface area (Å²) in [6.45, 7) is 1.74. The standard InChI is InChI=1S/C17H17N3O5S/c1-11-13(20-17(25-11)14-6-4-8-24-14)9-16(21)19-10-12-5-2-3-7-15(12)26(18,22)23/h2-8H,9-10H2,1H3,(H,19,21)(H2,18,22,23). The van der Waals surface area contributed by atoms with Gasteiger partial charge < -0.3 is 14.2 Å². The number of nitrogens with two attached hydrogens (primary N) is 1. The van der Waals surface area contributed by atoms with Crippen molar-refractivity contribution in [1.82, 2.24) is 10.3 Å². The summed E-state index contributed by atoms with van der Waals surface area (Å²) >= 11 is 0. The second kappa shape index (κ2) is 7.14. The summed E-state index contributed by atoms with van der Waals surface area (Å²) in [6.07, 6.45) is 1.50. The number of hydrogen-bond acceptors (Lipinski definition) is 6. The van der Waals surface area contributed by atoms with Gasteiger partial charge in [-0.05, 0) is 30.7 Å². The van der Waals surface area contributed by atoms with Crippen LogP contribution in [-0.4, -0.2) is 19.3 Å². The van der Waals surface area contributed by atoms with E-state index in [2.05, 4.69) is 10.3 Å². The minimum atomic E-state index is -3.86. The SMILES string of the molecule is Cc1oc(-c2ccco2)nc1CC(=O)NCc1ccccc1S(N)(=O)=O. The molecule has 0 unspecified atom stereocenters. The highest BCUT2D eigenvalue weighted by Gasteiger charge is 2.17. The summed E-state index contributed by atoms with van der Waals surface area (Å²) < 4.78 is 33.9. The Labute approximate surface area is 150 Å². The molecule has 2 heterocycles. The second-order valence-electron chi connectivity index (χ2n) is 5.61. The van der Waals surface area contributed by atoms with E-state index in [0.717, 1.165) is 0 Å². The zero-order valence-electron chi connectivity index (χ0n) is 13.9. The van der Waals surface area contributed by atoms with Gasteiger partial charge in [0.2, 0.25) is 15.9 Å². The number of carbonyl (C=O) groups excluding carboxylic acids is 1. The van der Waals surface area contributed by atoms with Crippen molar-refractivity contribution in [2.45, 2.75) is 24.8 Å². The normalized spacial score (nSPS) is 11.5. The highest BCUT2D eigenvalue weighted by atomic mass is 32.2. The van der Waals surface area contributed by atoms with Gasteiger partial charge in [0.05, 0.1) is 23.3 Å². The molecule has 0 saturated heterocycles. The lowest BCUT2D eigenvalue weighted by Crippen LogP contribution is -2.26. The van der Waals surface area contributed by atoms with E-state index in [1.54, 1.807) is 37.3 Å². The van der Waals surface area contributed by atoms with E-state index < -0.39 is 10.0 Å². The Morgan fingerprint density at radius 2 is 2.00 bits per heavy atom. The number of amides is 1. The van der Waals surface area contributed by atoms with E-state index in [9.17, 15) is 13.2 Å². The average molecular weight is 375 g/mol. The minimum absolute atomic E-state index is 0.00637. The molecule has 0 atom stereocenters. The molecule has 0 bridgehead atoms. The quantitative estimate of drug-likeness (QED) is 0.675. The molecule has 8 nitrogen and oxygen atoms in total. The van der Waals surface area contributed by atoms with Gasteiger partial charge in [-0.15, -0.1) is 0 Å². The molecule has 3 rings (SSSR count). The third-order valence-electron chi connectivity index (χ3n) is 3.71. The zero-order valence-corrected chi connectivity index (χ0v) is 14.7. The highest BCUT2D eigenvalue weighted by molar-refractivity contribution is 7.89. The predicted octanol–water partition coefficient (Wildman–Crippen LogP) is 1.75. The van der Waals surface area contributed by atoms with Crippen LogP contribution >= 0.6 is 0 Å². The highest BCUT2D eigenvalue weighted by Crippen LogP contribution is 2.22. The number of sulfonamides is 1. The van der Waals surface area contributed by atoms with Gasteiger partial charge in [0.25, 0.3) is 5.89 Å². The number of nitrogens with one attached hydrogen (secondary N) is 1. The van der Waals surface area contributed by atoms with Gasteiger partial charge in [-0.2, -0.15) is 0 Å². The average Bonchev–Trinajstić information content (AvgIpc) is 3.23. The van der Waals surface area contributed by atoms with Crippen LogP contribution in [0.4, 0.5) is 0 Å². The van der Waals surface area contributed by atoms with Crippen LogP contribution < -0.4 is 10.5 Å². The van der Waals surface area contributed by atoms with Crippen LogP contribution in [0.25, 0.3) is 11.7 Å². The zero-order chi connectivity index (χ0) is 18.7. The first-order valence-electron chi connectivity index (χ1n) is 7.72. The molecule has 0 fully saturated rings. The predicted molar refractivity (Wildman–Crippen MR) is 92.3 cm³/mol. The molecule has 26 heavy (non-hydrogen) atoms. The topological polar surface area (TPSA) is 128 Å². The number of primary sulfonamides is 1. The number of rotatable bonds is 6. The molecule has 0 aliphatic rings. The molecule has 136 valence electrons. The Balaban J connectivity index is 1.68. The maximum absolute atomic E-state index is 12.2. The molecular weight excluding hydrogens is 358 g/mol. The summed E-state index contributed by atoms with van der Waals surface area (Å²) in [5.41, 5.74) is 0.894. The fourth-order valence-corrected chi connectivity index (χ4v) is 3.21. The number of aromatic nitrogens is 1. The van der Waals surface area contributed by atoms with Crippen molar-refractivity contribution in [3.05, 3.63) is 59.7 Å². The summed E-state index contributed by atoms with van der Waals surface area (Å²) in [4.78, 5) is 16.4. The Bertz CT molecular complexity index is 1020. The van der Waals surface area contributed by atoms with E-state index in [-0.39, 0.29) is 23.8 Å². The smallest absolute Gasteiger partial charge is 0.263 e. The molecule has 2 aromatic heterocycles. The van der Waals surface area contributed by atoms with E-state index in [0.29, 0.717) is 28.7 Å². The molecule has 3 N–H and O–H groups in total. The number of aryl methyl sites for hydroxylation is 1. The van der Waals surface area contributed by atoms with E-state index in [1.807, 2.05) is 0 Å². The lowest BCUT2D eigenvalue weighted by molar-refractivity contribution is -0.120. The Morgan fingerprint density at radius 1 is 1.23 bits per heavy atom. The number of hydrogen-bond donors (Lipinski definition) is 2. The van der Waals surface area contributed by atoms with E-state index in [1.165, 1.54) is 12.3 Å². The van der Waals surface area contributed by atoms with Crippen LogP contribution in [0.15, 0.2) is 56.4 Å². The number of nitrogens with zero attached hydrogens (tertiary/aromatic N) is 1. The third kappa shape index (κ3) is 4.01.